The van der Waals surface area contributed by atoms with Crippen LogP contribution in [0.1, 0.15) is 24.0 Å². The zero-order chi connectivity index (χ0) is 30.1. The molecule has 4 N–H and O–H groups in total. The molecule has 2 aromatic carbocycles. The monoisotopic (exact) mass is 593 g/mol. The lowest BCUT2D eigenvalue weighted by Gasteiger charge is -2.33. The molecular weight excluding hydrogens is 562 g/mol. The van der Waals surface area contributed by atoms with Gasteiger partial charge in [-0.3, -0.25) is 29.4 Å². The highest BCUT2D eigenvalue weighted by atomic mass is 35.5. The topological polar surface area (TPSA) is 149 Å². The van der Waals surface area contributed by atoms with Crippen LogP contribution in [0.4, 0.5) is 0 Å². The smallest absolute Gasteiger partial charge is 0.325 e. The maximum absolute atomic E-state index is 13.0. The van der Waals surface area contributed by atoms with Crippen molar-refractivity contribution in [2.45, 2.75) is 43.9 Å². The molecular formula is C30H32ClN5O6. The Labute approximate surface area is 248 Å². The Hall–Kier alpha value is -4.48. The first kappa shape index (κ1) is 30.5. The van der Waals surface area contributed by atoms with E-state index in [-0.39, 0.29) is 31.3 Å². The predicted molar refractivity (Wildman–Crippen MR) is 155 cm³/mol. The van der Waals surface area contributed by atoms with E-state index in [9.17, 15) is 19.2 Å². The number of nitrogens with zero attached hydrogens (tertiary/aromatic N) is 2. The number of halogens is 1. The van der Waals surface area contributed by atoms with Crippen molar-refractivity contribution in [2.24, 2.45) is 4.99 Å². The quantitative estimate of drug-likeness (QED) is 0.167. The number of hydrogen-bond acceptors (Lipinski definition) is 8. The second-order valence-electron chi connectivity index (χ2n) is 9.81. The van der Waals surface area contributed by atoms with Crippen molar-refractivity contribution in [3.05, 3.63) is 94.5 Å². The highest BCUT2D eigenvalue weighted by Gasteiger charge is 2.39. The number of rotatable bonds is 12. The number of fused-ring (bicyclic) bond motifs is 1. The molecule has 0 saturated heterocycles. The Morgan fingerprint density at radius 3 is 2.43 bits per heavy atom. The summed E-state index contributed by atoms with van der Waals surface area (Å²) in [5, 5.41) is 15.0. The van der Waals surface area contributed by atoms with Crippen molar-refractivity contribution >= 4 is 41.1 Å². The first-order valence-corrected chi connectivity index (χ1v) is 13.7. The molecule has 2 aromatic rings. The van der Waals surface area contributed by atoms with Gasteiger partial charge >= 0.3 is 5.97 Å². The summed E-state index contributed by atoms with van der Waals surface area (Å²) in [5.41, 5.74) is 3.83. The van der Waals surface area contributed by atoms with Gasteiger partial charge in [0.2, 0.25) is 11.8 Å². The maximum Gasteiger partial charge on any atom is 0.325 e. The number of amides is 3. The fourth-order valence-corrected chi connectivity index (χ4v) is 4.91. The van der Waals surface area contributed by atoms with Crippen molar-refractivity contribution in [1.29, 1.82) is 0 Å². The van der Waals surface area contributed by atoms with Crippen molar-refractivity contribution in [1.82, 2.24) is 21.0 Å². The standard InChI is InChI=1S/C30H32ClN5O6/c1-42-28(39)17-32-30(40)21-9-12-25-23(16-21)34-29(36(25)18-20-7-10-22(31)11-8-20)24(15-19-5-3-2-4-6-19)33-26(37)13-14-27(38)35-41/h2-12,16,23-25,41H,13-15,17-18H2,1H3,(H,32,40)(H,33,37)(H,35,38). The van der Waals surface area contributed by atoms with Gasteiger partial charge in [-0.1, -0.05) is 66.2 Å². The van der Waals surface area contributed by atoms with Gasteiger partial charge in [-0.05, 0) is 35.8 Å². The Bertz CT molecular complexity index is 1390. The van der Waals surface area contributed by atoms with Crippen LogP contribution in [0.5, 0.6) is 0 Å². The average molecular weight is 594 g/mol. The lowest BCUT2D eigenvalue weighted by atomic mass is 9.97. The summed E-state index contributed by atoms with van der Waals surface area (Å²) in [6.07, 6.45) is 5.44. The molecule has 1 heterocycles. The molecule has 12 heteroatoms. The largest absolute Gasteiger partial charge is 0.468 e. The summed E-state index contributed by atoms with van der Waals surface area (Å²) in [6, 6.07) is 15.8. The van der Waals surface area contributed by atoms with E-state index < -0.39 is 29.9 Å². The van der Waals surface area contributed by atoms with Crippen molar-refractivity contribution in [3.63, 3.8) is 0 Å². The van der Waals surface area contributed by atoms with Crippen LogP contribution in [0.15, 0.2) is 83.4 Å². The Balaban J connectivity index is 1.65. The molecule has 3 unspecified atom stereocenters. The van der Waals surface area contributed by atoms with Gasteiger partial charge in [0, 0.05) is 30.0 Å². The van der Waals surface area contributed by atoms with Crippen LogP contribution in [0.25, 0.3) is 0 Å². The average Bonchev–Trinajstić information content (AvgIpc) is 3.36. The van der Waals surface area contributed by atoms with E-state index in [1.54, 1.807) is 24.3 Å². The van der Waals surface area contributed by atoms with Crippen LogP contribution in [0, 0.1) is 0 Å². The summed E-state index contributed by atoms with van der Waals surface area (Å²) in [7, 11) is 1.24. The van der Waals surface area contributed by atoms with Crippen LogP contribution in [0.3, 0.4) is 0 Å². The summed E-state index contributed by atoms with van der Waals surface area (Å²) >= 11 is 6.11. The SMILES string of the molecule is COC(=O)CNC(=O)C1=CC2N=C(C(Cc3ccccc3)NC(=O)CCC(=O)NO)N(Cc3ccc(Cl)cc3)C2C=C1. The zero-order valence-corrected chi connectivity index (χ0v) is 23.7. The van der Waals surface area contributed by atoms with Crippen molar-refractivity contribution < 1.29 is 29.1 Å². The molecule has 0 bridgehead atoms. The third-order valence-electron chi connectivity index (χ3n) is 6.89. The molecule has 220 valence electrons. The highest BCUT2D eigenvalue weighted by molar-refractivity contribution is 6.30. The van der Waals surface area contributed by atoms with Crippen molar-refractivity contribution in [2.75, 3.05) is 13.7 Å². The number of ether oxygens (including phenoxy) is 1. The van der Waals surface area contributed by atoms with Crippen LogP contribution >= 0.6 is 11.6 Å². The van der Waals surface area contributed by atoms with Gasteiger partial charge in [-0.25, -0.2) is 5.48 Å². The van der Waals surface area contributed by atoms with E-state index in [0.717, 1.165) is 11.1 Å². The summed E-state index contributed by atoms with van der Waals surface area (Å²) in [5.74, 6) is -1.42. The minimum absolute atomic E-state index is 0.126. The van der Waals surface area contributed by atoms with E-state index in [0.29, 0.717) is 29.4 Å². The van der Waals surface area contributed by atoms with Crippen molar-refractivity contribution in [3.8, 4) is 0 Å². The predicted octanol–water partition coefficient (Wildman–Crippen LogP) is 2.09. The Kier molecular flexibility index (Phi) is 10.5. The molecule has 4 rings (SSSR count). The number of hydroxylamine groups is 1. The fourth-order valence-electron chi connectivity index (χ4n) is 4.78. The number of amidine groups is 1. The van der Waals surface area contributed by atoms with Gasteiger partial charge < -0.3 is 20.3 Å². The molecule has 11 nitrogen and oxygen atoms in total. The lowest BCUT2D eigenvalue weighted by Crippen LogP contribution is -2.50. The molecule has 0 saturated carbocycles. The number of methoxy groups -OCH3 is 1. The summed E-state index contributed by atoms with van der Waals surface area (Å²) < 4.78 is 4.60. The number of hydrogen-bond donors (Lipinski definition) is 4. The number of esters is 1. The number of benzene rings is 2. The van der Waals surface area contributed by atoms with E-state index in [2.05, 4.69) is 20.3 Å². The summed E-state index contributed by atoms with van der Waals surface area (Å²) in [4.78, 5) is 55.8. The minimum atomic E-state index is -0.661. The Morgan fingerprint density at radius 2 is 1.74 bits per heavy atom. The van der Waals surface area contributed by atoms with Gasteiger partial charge in [0.15, 0.2) is 0 Å². The van der Waals surface area contributed by atoms with Crippen LogP contribution < -0.4 is 16.1 Å². The van der Waals surface area contributed by atoms with Crippen LogP contribution in [-0.4, -0.2) is 71.4 Å². The molecule has 1 aliphatic carbocycles. The van der Waals surface area contributed by atoms with Crippen LogP contribution in [0.2, 0.25) is 5.02 Å². The molecule has 0 aromatic heterocycles. The number of carbonyl (C=O) groups excluding carboxylic acids is 4. The van der Waals surface area contributed by atoms with Gasteiger partial charge in [0.1, 0.15) is 12.4 Å². The minimum Gasteiger partial charge on any atom is -0.468 e. The molecule has 0 radical (unpaired) electrons. The molecule has 0 spiro atoms. The first-order chi connectivity index (χ1) is 20.3. The third kappa shape index (κ3) is 8.05. The molecule has 3 atom stereocenters. The molecule has 42 heavy (non-hydrogen) atoms. The molecule has 3 amide bonds. The second kappa shape index (κ2) is 14.4. The van der Waals surface area contributed by atoms with E-state index >= 15 is 0 Å². The van der Waals surface area contributed by atoms with Gasteiger partial charge in [-0.2, -0.15) is 0 Å². The first-order valence-electron chi connectivity index (χ1n) is 13.4. The fraction of sp³-hybridized carbons (Fsp3) is 0.300. The maximum atomic E-state index is 13.0. The lowest BCUT2D eigenvalue weighted by molar-refractivity contribution is -0.140. The zero-order valence-electron chi connectivity index (χ0n) is 23.0. The van der Waals surface area contributed by atoms with Gasteiger partial charge in [-0.15, -0.1) is 0 Å². The normalized spacial score (nSPS) is 17.8. The molecule has 2 aliphatic rings. The second-order valence-corrected chi connectivity index (χ2v) is 10.2. The molecule has 1 aliphatic heterocycles. The molecule has 0 fully saturated rings. The highest BCUT2D eigenvalue weighted by Crippen LogP contribution is 2.29. The number of nitrogens with one attached hydrogen (secondary N) is 3. The van der Waals surface area contributed by atoms with E-state index in [4.69, 9.17) is 21.8 Å². The Morgan fingerprint density at radius 1 is 1.02 bits per heavy atom. The number of aliphatic imine (C=N–C) groups is 1. The van der Waals surface area contributed by atoms with Gasteiger partial charge in [0.05, 0.1) is 25.2 Å². The van der Waals surface area contributed by atoms with Gasteiger partial charge in [0.25, 0.3) is 5.91 Å². The summed E-state index contributed by atoms with van der Waals surface area (Å²) in [6.45, 7) is 0.193. The van der Waals surface area contributed by atoms with Crippen LogP contribution in [-0.2, 0) is 36.9 Å². The number of carbonyl (C=O) groups is 4. The third-order valence-corrected chi connectivity index (χ3v) is 7.14. The van der Waals surface area contributed by atoms with E-state index in [1.165, 1.54) is 12.6 Å². The van der Waals surface area contributed by atoms with E-state index in [1.807, 2.05) is 48.5 Å².